The molecule has 0 spiro atoms. The van der Waals surface area contributed by atoms with E-state index in [-0.39, 0.29) is 6.04 Å². The minimum atomic E-state index is 0.168. The molecule has 0 aromatic heterocycles. The van der Waals surface area contributed by atoms with E-state index < -0.39 is 0 Å². The highest BCUT2D eigenvalue weighted by Gasteiger charge is 2.07. The molecule has 0 saturated carbocycles. The normalized spacial score (nSPS) is 12.2. The third-order valence-corrected chi connectivity index (χ3v) is 3.73. The molecule has 1 nitrogen and oxygen atoms in total. The lowest BCUT2D eigenvalue weighted by molar-refractivity contribution is 0.885. The highest BCUT2D eigenvalue weighted by molar-refractivity contribution is 9.10. The van der Waals surface area contributed by atoms with Gasteiger partial charge in [0.15, 0.2) is 0 Å². The molecule has 0 saturated heterocycles. The van der Waals surface area contributed by atoms with Gasteiger partial charge in [-0.1, -0.05) is 51.3 Å². The largest absolute Gasteiger partial charge is 0.377 e. The Labute approximate surface area is 125 Å². The molecular formula is C14H12BrCl2N. The molecule has 1 N–H and O–H groups in total. The summed E-state index contributed by atoms with van der Waals surface area (Å²) in [6.45, 7) is 2.08. The molecule has 2 aromatic carbocycles. The van der Waals surface area contributed by atoms with E-state index in [0.717, 1.165) is 15.2 Å². The van der Waals surface area contributed by atoms with Crippen LogP contribution in [-0.2, 0) is 0 Å². The van der Waals surface area contributed by atoms with Gasteiger partial charge in [0.1, 0.15) is 0 Å². The van der Waals surface area contributed by atoms with Crippen LogP contribution in [0, 0.1) is 0 Å². The Bertz CT molecular complexity index is 540. The maximum Gasteiger partial charge on any atom is 0.0648 e. The summed E-state index contributed by atoms with van der Waals surface area (Å²) in [5.41, 5.74) is 2.08. The molecule has 94 valence electrons. The molecule has 2 aromatic rings. The second-order valence-electron chi connectivity index (χ2n) is 4.04. The summed E-state index contributed by atoms with van der Waals surface area (Å²) in [6.07, 6.45) is 0. The number of halogens is 3. The third kappa shape index (κ3) is 3.41. The van der Waals surface area contributed by atoms with Crippen LogP contribution in [0.4, 0.5) is 5.69 Å². The average Bonchev–Trinajstić information content (AvgIpc) is 2.33. The number of anilines is 1. The summed E-state index contributed by atoms with van der Waals surface area (Å²) in [5, 5.41) is 4.82. The molecule has 0 bridgehead atoms. The maximum atomic E-state index is 6.17. The van der Waals surface area contributed by atoms with Gasteiger partial charge in [-0.3, -0.25) is 0 Å². The molecule has 2 rings (SSSR count). The minimum Gasteiger partial charge on any atom is -0.377 e. The molecule has 18 heavy (non-hydrogen) atoms. The fraction of sp³-hybridized carbons (Fsp3) is 0.143. The topological polar surface area (TPSA) is 12.0 Å². The van der Waals surface area contributed by atoms with Gasteiger partial charge in [0.05, 0.1) is 10.7 Å². The van der Waals surface area contributed by atoms with Crippen LogP contribution in [0.5, 0.6) is 0 Å². The summed E-state index contributed by atoms with van der Waals surface area (Å²) in [4.78, 5) is 0. The summed E-state index contributed by atoms with van der Waals surface area (Å²) in [6, 6.07) is 13.7. The zero-order chi connectivity index (χ0) is 13.1. The number of nitrogens with one attached hydrogen (secondary N) is 1. The lowest BCUT2D eigenvalue weighted by atomic mass is 10.1. The Morgan fingerprint density at radius 1 is 1.06 bits per heavy atom. The molecule has 0 fully saturated rings. The van der Waals surface area contributed by atoms with Gasteiger partial charge in [-0.2, -0.15) is 0 Å². The van der Waals surface area contributed by atoms with Gasteiger partial charge in [-0.25, -0.2) is 0 Å². The highest BCUT2D eigenvalue weighted by atomic mass is 79.9. The first kappa shape index (κ1) is 13.7. The van der Waals surface area contributed by atoms with Crippen molar-refractivity contribution in [3.05, 3.63) is 62.5 Å². The quantitative estimate of drug-likeness (QED) is 0.727. The molecule has 4 heteroatoms. The zero-order valence-corrected chi connectivity index (χ0v) is 12.9. The van der Waals surface area contributed by atoms with Crippen molar-refractivity contribution in [1.29, 1.82) is 0 Å². The molecule has 1 atom stereocenters. The molecule has 0 aliphatic rings. The van der Waals surface area contributed by atoms with Crippen molar-refractivity contribution in [1.82, 2.24) is 0 Å². The van der Waals surface area contributed by atoms with Crippen LogP contribution in [0.1, 0.15) is 18.5 Å². The van der Waals surface area contributed by atoms with E-state index in [1.165, 1.54) is 5.56 Å². The SMILES string of the molecule is CC(Nc1ccc(Br)cc1Cl)c1ccc(Cl)cc1. The number of benzene rings is 2. The molecule has 0 aliphatic heterocycles. The van der Waals surface area contributed by atoms with Crippen LogP contribution in [0.3, 0.4) is 0 Å². The van der Waals surface area contributed by atoms with Crippen LogP contribution >= 0.6 is 39.1 Å². The third-order valence-electron chi connectivity index (χ3n) is 2.67. The van der Waals surface area contributed by atoms with E-state index in [9.17, 15) is 0 Å². The fourth-order valence-electron chi connectivity index (χ4n) is 1.67. The highest BCUT2D eigenvalue weighted by Crippen LogP contribution is 2.29. The van der Waals surface area contributed by atoms with Crippen molar-refractivity contribution in [2.24, 2.45) is 0 Å². The van der Waals surface area contributed by atoms with Crippen molar-refractivity contribution < 1.29 is 0 Å². The van der Waals surface area contributed by atoms with Crippen molar-refractivity contribution in [2.75, 3.05) is 5.32 Å². The first-order chi connectivity index (χ1) is 8.56. The van der Waals surface area contributed by atoms with Crippen LogP contribution in [-0.4, -0.2) is 0 Å². The van der Waals surface area contributed by atoms with Crippen LogP contribution < -0.4 is 5.32 Å². The lowest BCUT2D eigenvalue weighted by Crippen LogP contribution is -2.06. The van der Waals surface area contributed by atoms with Gasteiger partial charge in [-0.05, 0) is 42.8 Å². The van der Waals surface area contributed by atoms with Gasteiger partial charge in [0, 0.05) is 15.5 Å². The first-order valence-corrected chi connectivity index (χ1v) is 7.08. The van der Waals surface area contributed by atoms with Crippen molar-refractivity contribution in [2.45, 2.75) is 13.0 Å². The summed E-state index contributed by atoms with van der Waals surface area (Å²) in [5.74, 6) is 0. The standard InChI is InChI=1S/C14H12BrCl2N/c1-9(10-2-5-12(16)6-3-10)18-14-7-4-11(15)8-13(14)17/h2-9,18H,1H3. The number of rotatable bonds is 3. The predicted molar refractivity (Wildman–Crippen MR) is 82.6 cm³/mol. The molecule has 0 amide bonds. The maximum absolute atomic E-state index is 6.17. The first-order valence-electron chi connectivity index (χ1n) is 5.53. The van der Waals surface area contributed by atoms with E-state index in [0.29, 0.717) is 5.02 Å². The minimum absolute atomic E-state index is 0.168. The molecule has 0 aliphatic carbocycles. The van der Waals surface area contributed by atoms with E-state index in [4.69, 9.17) is 23.2 Å². The van der Waals surface area contributed by atoms with Gasteiger partial charge in [0.25, 0.3) is 0 Å². The summed E-state index contributed by atoms with van der Waals surface area (Å²) in [7, 11) is 0. The van der Waals surface area contributed by atoms with Crippen molar-refractivity contribution >= 4 is 44.8 Å². The summed E-state index contributed by atoms with van der Waals surface area (Å²) >= 11 is 15.4. The Kier molecular flexibility index (Phi) is 4.55. The van der Waals surface area contributed by atoms with E-state index in [1.54, 1.807) is 0 Å². The number of hydrogen-bond acceptors (Lipinski definition) is 1. The Morgan fingerprint density at radius 3 is 2.33 bits per heavy atom. The van der Waals surface area contributed by atoms with Crippen LogP contribution in [0.2, 0.25) is 10.0 Å². The molecular weight excluding hydrogens is 333 g/mol. The monoisotopic (exact) mass is 343 g/mol. The zero-order valence-electron chi connectivity index (χ0n) is 9.75. The molecule has 0 radical (unpaired) electrons. The Morgan fingerprint density at radius 2 is 1.72 bits per heavy atom. The van der Waals surface area contributed by atoms with Gasteiger partial charge in [0.2, 0.25) is 0 Å². The van der Waals surface area contributed by atoms with Gasteiger partial charge in [-0.15, -0.1) is 0 Å². The smallest absolute Gasteiger partial charge is 0.0648 e. The van der Waals surface area contributed by atoms with E-state index in [2.05, 4.69) is 28.2 Å². The predicted octanol–water partition coefficient (Wildman–Crippen LogP) is 5.93. The average molecular weight is 345 g/mol. The fourth-order valence-corrected chi connectivity index (χ4v) is 2.53. The van der Waals surface area contributed by atoms with E-state index in [1.807, 2.05) is 42.5 Å². The number of hydrogen-bond donors (Lipinski definition) is 1. The summed E-state index contributed by atoms with van der Waals surface area (Å²) < 4.78 is 0.970. The Hall–Kier alpha value is -0.700. The second-order valence-corrected chi connectivity index (χ2v) is 5.80. The van der Waals surface area contributed by atoms with Crippen LogP contribution in [0.15, 0.2) is 46.9 Å². The van der Waals surface area contributed by atoms with Gasteiger partial charge < -0.3 is 5.32 Å². The van der Waals surface area contributed by atoms with Crippen LogP contribution in [0.25, 0.3) is 0 Å². The molecule has 1 unspecified atom stereocenters. The van der Waals surface area contributed by atoms with Crippen molar-refractivity contribution in [3.63, 3.8) is 0 Å². The van der Waals surface area contributed by atoms with Gasteiger partial charge >= 0.3 is 0 Å². The van der Waals surface area contributed by atoms with E-state index >= 15 is 0 Å². The molecule has 0 heterocycles. The van der Waals surface area contributed by atoms with Crippen molar-refractivity contribution in [3.8, 4) is 0 Å². The Balaban J connectivity index is 2.15. The second kappa shape index (κ2) is 5.96. The lowest BCUT2D eigenvalue weighted by Gasteiger charge is -2.17.